The molecule has 20 heavy (non-hydrogen) atoms. The molecule has 2 N–H and O–H groups in total. The number of halogens is 2. The summed E-state index contributed by atoms with van der Waals surface area (Å²) in [5.74, 6) is -0.988. The van der Waals surface area contributed by atoms with Gasteiger partial charge in [-0.1, -0.05) is 11.6 Å². The number of nitrogens with zero attached hydrogens (tertiary/aromatic N) is 1. The second-order valence-electron chi connectivity index (χ2n) is 4.51. The Balaban J connectivity index is 3.33. The fourth-order valence-corrected chi connectivity index (χ4v) is 3.77. The zero-order valence-corrected chi connectivity index (χ0v) is 13.1. The maximum absolute atomic E-state index is 14.0. The molecular formula is C12H18ClFN2O3S. The predicted octanol–water partition coefficient (Wildman–Crippen LogP) is 2.11. The number of benzene rings is 1. The minimum Gasteiger partial charge on any atom is -0.396 e. The smallest absolute Gasteiger partial charge is 0.246 e. The van der Waals surface area contributed by atoms with E-state index in [0.717, 1.165) is 10.4 Å². The fraction of sp³-hybridized carbons (Fsp3) is 0.500. The summed E-state index contributed by atoms with van der Waals surface area (Å²) in [5.41, 5.74) is 5.13. The van der Waals surface area contributed by atoms with Crippen LogP contribution in [0.2, 0.25) is 5.02 Å². The number of sulfonamides is 1. The number of methoxy groups -OCH3 is 1. The van der Waals surface area contributed by atoms with Crippen molar-refractivity contribution in [3.8, 4) is 0 Å². The third-order valence-electron chi connectivity index (χ3n) is 2.71. The maximum Gasteiger partial charge on any atom is 0.246 e. The van der Waals surface area contributed by atoms with Crippen molar-refractivity contribution in [3.05, 3.63) is 23.0 Å². The third-order valence-corrected chi connectivity index (χ3v) is 5.00. The van der Waals surface area contributed by atoms with Crippen LogP contribution in [0.15, 0.2) is 17.0 Å². The third kappa shape index (κ3) is 3.60. The van der Waals surface area contributed by atoms with E-state index in [-0.39, 0.29) is 29.9 Å². The summed E-state index contributed by atoms with van der Waals surface area (Å²) >= 11 is 5.76. The Bertz CT molecular complexity index is 578. The second-order valence-corrected chi connectivity index (χ2v) is 6.80. The zero-order chi connectivity index (χ0) is 15.5. The molecule has 8 heteroatoms. The number of ether oxygens (including phenoxy) is 1. The summed E-state index contributed by atoms with van der Waals surface area (Å²) < 4.78 is 45.1. The van der Waals surface area contributed by atoms with Crippen LogP contribution in [0.25, 0.3) is 0 Å². The first-order valence-corrected chi connectivity index (χ1v) is 7.79. The van der Waals surface area contributed by atoms with Gasteiger partial charge in [-0.15, -0.1) is 0 Å². The van der Waals surface area contributed by atoms with Crippen LogP contribution in [-0.2, 0) is 14.8 Å². The minimum atomic E-state index is -4.03. The molecule has 0 saturated heterocycles. The maximum atomic E-state index is 14.0. The van der Waals surface area contributed by atoms with E-state index < -0.39 is 20.7 Å². The average Bonchev–Trinajstić information content (AvgIpc) is 2.33. The highest BCUT2D eigenvalue weighted by Crippen LogP contribution is 2.28. The molecule has 0 heterocycles. The number of nitrogen functional groups attached to an aromatic ring is 1. The van der Waals surface area contributed by atoms with Gasteiger partial charge in [0.25, 0.3) is 0 Å². The molecule has 0 amide bonds. The van der Waals surface area contributed by atoms with Crippen LogP contribution in [0.5, 0.6) is 0 Å². The molecule has 0 aliphatic rings. The molecule has 0 atom stereocenters. The molecule has 5 nitrogen and oxygen atoms in total. The molecule has 0 radical (unpaired) electrons. The molecule has 0 bridgehead atoms. The zero-order valence-electron chi connectivity index (χ0n) is 11.6. The van der Waals surface area contributed by atoms with Gasteiger partial charge >= 0.3 is 0 Å². The van der Waals surface area contributed by atoms with Crippen molar-refractivity contribution in [1.29, 1.82) is 0 Å². The van der Waals surface area contributed by atoms with Gasteiger partial charge in [-0.25, -0.2) is 12.8 Å². The molecule has 0 unspecified atom stereocenters. The van der Waals surface area contributed by atoms with Crippen molar-refractivity contribution in [1.82, 2.24) is 4.31 Å². The van der Waals surface area contributed by atoms with Crippen LogP contribution in [0.4, 0.5) is 10.1 Å². The number of hydrogen-bond acceptors (Lipinski definition) is 4. The second kappa shape index (κ2) is 6.71. The monoisotopic (exact) mass is 324 g/mol. The highest BCUT2D eigenvalue weighted by molar-refractivity contribution is 7.89. The van der Waals surface area contributed by atoms with Crippen molar-refractivity contribution < 1.29 is 17.5 Å². The Kier molecular flexibility index (Phi) is 5.76. The van der Waals surface area contributed by atoms with Crippen LogP contribution < -0.4 is 5.73 Å². The van der Waals surface area contributed by atoms with Gasteiger partial charge in [0, 0.05) is 24.7 Å². The van der Waals surface area contributed by atoms with E-state index in [1.807, 2.05) is 0 Å². The van der Waals surface area contributed by atoms with E-state index in [9.17, 15) is 12.8 Å². The Hall–Kier alpha value is -0.890. The highest BCUT2D eigenvalue weighted by atomic mass is 35.5. The lowest BCUT2D eigenvalue weighted by atomic mass is 10.3. The quantitative estimate of drug-likeness (QED) is 0.813. The Morgan fingerprint density at radius 3 is 2.55 bits per heavy atom. The molecule has 1 aromatic carbocycles. The van der Waals surface area contributed by atoms with Crippen LogP contribution >= 0.6 is 11.6 Å². The van der Waals surface area contributed by atoms with Crippen LogP contribution in [0, 0.1) is 5.82 Å². The van der Waals surface area contributed by atoms with Crippen molar-refractivity contribution in [2.75, 3.05) is 26.0 Å². The lowest BCUT2D eigenvalue weighted by Crippen LogP contribution is -2.39. The highest BCUT2D eigenvalue weighted by Gasteiger charge is 2.30. The largest absolute Gasteiger partial charge is 0.396 e. The van der Waals surface area contributed by atoms with Gasteiger partial charge in [-0.3, -0.25) is 0 Å². The Morgan fingerprint density at radius 2 is 2.05 bits per heavy atom. The van der Waals surface area contributed by atoms with E-state index >= 15 is 0 Å². The van der Waals surface area contributed by atoms with E-state index in [2.05, 4.69) is 0 Å². The minimum absolute atomic E-state index is 0.0675. The first kappa shape index (κ1) is 17.2. The molecule has 0 aliphatic heterocycles. The molecule has 0 spiro atoms. The summed E-state index contributed by atoms with van der Waals surface area (Å²) in [5, 5.41) is 0.0675. The molecule has 0 saturated carbocycles. The lowest BCUT2D eigenvalue weighted by molar-refractivity contribution is 0.170. The number of rotatable bonds is 6. The summed E-state index contributed by atoms with van der Waals surface area (Å²) in [6.45, 7) is 3.70. The predicted molar refractivity (Wildman–Crippen MR) is 76.7 cm³/mol. The average molecular weight is 325 g/mol. The van der Waals surface area contributed by atoms with E-state index in [1.165, 1.54) is 13.2 Å². The van der Waals surface area contributed by atoms with Crippen molar-refractivity contribution >= 4 is 27.3 Å². The van der Waals surface area contributed by atoms with E-state index in [1.54, 1.807) is 13.8 Å². The molecule has 114 valence electrons. The lowest BCUT2D eigenvalue weighted by Gasteiger charge is -2.26. The topological polar surface area (TPSA) is 72.6 Å². The SMILES string of the molecule is COCCN(C(C)C)S(=O)(=O)c1cc(Cl)cc(N)c1F. The van der Waals surface area contributed by atoms with Crippen LogP contribution in [-0.4, -0.2) is 39.0 Å². The summed E-state index contributed by atoms with van der Waals surface area (Å²) in [6.07, 6.45) is 0. The first-order chi connectivity index (χ1) is 9.21. The van der Waals surface area contributed by atoms with Gasteiger partial charge in [-0.05, 0) is 26.0 Å². The van der Waals surface area contributed by atoms with Gasteiger partial charge in [0.2, 0.25) is 10.0 Å². The number of nitrogens with two attached hydrogens (primary N) is 1. The van der Waals surface area contributed by atoms with Gasteiger partial charge in [-0.2, -0.15) is 4.31 Å². The van der Waals surface area contributed by atoms with Crippen LogP contribution in [0.1, 0.15) is 13.8 Å². The van der Waals surface area contributed by atoms with Crippen molar-refractivity contribution in [3.63, 3.8) is 0 Å². The van der Waals surface area contributed by atoms with E-state index in [0.29, 0.717) is 0 Å². The molecule has 1 aromatic rings. The number of anilines is 1. The fourth-order valence-electron chi connectivity index (χ4n) is 1.74. The van der Waals surface area contributed by atoms with Gasteiger partial charge in [0.1, 0.15) is 4.90 Å². The Morgan fingerprint density at radius 1 is 1.45 bits per heavy atom. The summed E-state index contributed by atoms with van der Waals surface area (Å²) in [7, 11) is -2.57. The molecule has 0 fully saturated rings. The normalized spacial score (nSPS) is 12.3. The Labute approximate surface area is 123 Å². The summed E-state index contributed by atoms with van der Waals surface area (Å²) in [4.78, 5) is -0.521. The molecule has 0 aliphatic carbocycles. The molecular weight excluding hydrogens is 307 g/mol. The van der Waals surface area contributed by atoms with Crippen molar-refractivity contribution in [2.45, 2.75) is 24.8 Å². The van der Waals surface area contributed by atoms with E-state index in [4.69, 9.17) is 22.1 Å². The molecule has 0 aromatic heterocycles. The first-order valence-electron chi connectivity index (χ1n) is 5.97. The van der Waals surface area contributed by atoms with Gasteiger partial charge in [0.05, 0.1) is 12.3 Å². The summed E-state index contributed by atoms with van der Waals surface area (Å²) in [6, 6.07) is 1.88. The molecule has 1 rings (SSSR count). The van der Waals surface area contributed by atoms with Crippen LogP contribution in [0.3, 0.4) is 0 Å². The number of hydrogen-bond donors (Lipinski definition) is 1. The van der Waals surface area contributed by atoms with Gasteiger partial charge < -0.3 is 10.5 Å². The van der Waals surface area contributed by atoms with Crippen molar-refractivity contribution in [2.24, 2.45) is 0 Å². The standard InChI is InChI=1S/C12H18ClFN2O3S/c1-8(2)16(4-5-19-3)20(17,18)11-7-9(13)6-10(15)12(11)14/h6-8H,4-5,15H2,1-3H3. The van der Waals surface area contributed by atoms with Gasteiger partial charge in [0.15, 0.2) is 5.82 Å².